The number of aliphatic carboxylic acids is 1. The molecule has 2 aromatic carbocycles. The van der Waals surface area contributed by atoms with E-state index in [4.69, 9.17) is 26.8 Å². The number of anilines is 2. The number of carboxylic acids is 1. The van der Waals surface area contributed by atoms with Gasteiger partial charge in [-0.05, 0) is 67.0 Å². The number of carbonyl (C=O) groups is 1. The lowest BCUT2D eigenvalue weighted by atomic mass is 9.76. The van der Waals surface area contributed by atoms with E-state index in [2.05, 4.69) is 15.3 Å². The van der Waals surface area contributed by atoms with Gasteiger partial charge in [0.2, 0.25) is 17.9 Å². The number of benzene rings is 2. The molecule has 2 saturated heterocycles. The first-order chi connectivity index (χ1) is 20.4. The summed E-state index contributed by atoms with van der Waals surface area (Å²) in [5, 5.41) is 12.6. The molecule has 0 saturated carbocycles. The van der Waals surface area contributed by atoms with Crippen molar-refractivity contribution >= 4 is 29.3 Å². The zero-order valence-electron chi connectivity index (χ0n) is 23.1. The molecular weight excluding hydrogens is 594 g/mol. The molecule has 14 heteroatoms. The molecule has 9 nitrogen and oxygen atoms in total. The van der Waals surface area contributed by atoms with E-state index < -0.39 is 30.1 Å². The van der Waals surface area contributed by atoms with E-state index in [0.29, 0.717) is 44.7 Å². The zero-order chi connectivity index (χ0) is 30.9. The van der Waals surface area contributed by atoms with Crippen molar-refractivity contribution in [1.82, 2.24) is 15.3 Å². The number of hydrogen-bond acceptors (Lipinski definition) is 8. The second-order valence-electron chi connectivity index (χ2n) is 10.7. The number of nitrogens with two attached hydrogens (primary N) is 1. The van der Waals surface area contributed by atoms with E-state index in [1.165, 1.54) is 36.4 Å². The second-order valence-corrected chi connectivity index (χ2v) is 11.2. The van der Waals surface area contributed by atoms with E-state index in [1.54, 1.807) is 6.92 Å². The van der Waals surface area contributed by atoms with Crippen molar-refractivity contribution in [3.8, 4) is 22.8 Å². The van der Waals surface area contributed by atoms with Gasteiger partial charge in [-0.3, -0.25) is 4.79 Å². The predicted octanol–water partition coefficient (Wildman–Crippen LogP) is 5.63. The Bertz CT molecular complexity index is 1500. The van der Waals surface area contributed by atoms with Crippen LogP contribution >= 0.6 is 11.6 Å². The number of hydrogen-bond donors (Lipinski definition) is 3. The number of nitrogen functional groups attached to an aromatic ring is 1. The summed E-state index contributed by atoms with van der Waals surface area (Å²) in [5.41, 5.74) is 5.78. The Morgan fingerprint density at radius 1 is 1.21 bits per heavy atom. The maximum Gasteiger partial charge on any atom is 0.429 e. The lowest BCUT2D eigenvalue weighted by molar-refractivity contribution is -0.198. The summed E-state index contributed by atoms with van der Waals surface area (Å²) in [5.74, 6) is -2.00. The van der Waals surface area contributed by atoms with Gasteiger partial charge in [0.25, 0.3) is 0 Å². The van der Waals surface area contributed by atoms with Crippen LogP contribution in [0.5, 0.6) is 11.6 Å². The molecule has 0 aliphatic carbocycles. The number of carboxylic acid groups (broad SMARTS) is 1. The van der Waals surface area contributed by atoms with Crippen LogP contribution in [0.3, 0.4) is 0 Å². The third-order valence-electron chi connectivity index (χ3n) is 7.89. The van der Waals surface area contributed by atoms with Crippen LogP contribution in [0.2, 0.25) is 5.02 Å². The third kappa shape index (κ3) is 6.72. The largest absolute Gasteiger partial charge is 0.491 e. The van der Waals surface area contributed by atoms with Gasteiger partial charge in [-0.1, -0.05) is 23.7 Å². The molecule has 43 heavy (non-hydrogen) atoms. The lowest BCUT2D eigenvalue weighted by Crippen LogP contribution is -2.41. The van der Waals surface area contributed by atoms with Gasteiger partial charge < -0.3 is 30.5 Å². The fourth-order valence-electron chi connectivity index (χ4n) is 5.71. The highest BCUT2D eigenvalue weighted by Crippen LogP contribution is 2.44. The SMILES string of the molecule is CCOc1cc(-c2cc(Cl)ccc2C(Oc2cc(N3CCC4(CC3)CNC(C(=O)O)C4)nc(N)n2)C(F)(F)F)ccc1F. The highest BCUT2D eigenvalue weighted by atomic mass is 35.5. The van der Waals surface area contributed by atoms with E-state index in [0.717, 1.165) is 6.07 Å². The summed E-state index contributed by atoms with van der Waals surface area (Å²) < 4.78 is 68.8. The first-order valence-electron chi connectivity index (χ1n) is 13.7. The van der Waals surface area contributed by atoms with Crippen LogP contribution in [0.15, 0.2) is 42.5 Å². The maximum atomic E-state index is 14.6. The Hall–Kier alpha value is -3.84. The van der Waals surface area contributed by atoms with Crippen molar-refractivity contribution in [3.63, 3.8) is 0 Å². The molecule has 2 aliphatic rings. The van der Waals surface area contributed by atoms with Crippen LogP contribution in [0, 0.1) is 11.2 Å². The normalized spacial score (nSPS) is 18.9. The Morgan fingerprint density at radius 3 is 2.60 bits per heavy atom. The highest BCUT2D eigenvalue weighted by molar-refractivity contribution is 6.30. The van der Waals surface area contributed by atoms with E-state index >= 15 is 0 Å². The minimum absolute atomic E-state index is 0.0733. The quantitative estimate of drug-likeness (QED) is 0.274. The van der Waals surface area contributed by atoms with Crippen LogP contribution in [0.1, 0.15) is 37.9 Å². The molecule has 1 aromatic heterocycles. The molecule has 0 radical (unpaired) electrons. The van der Waals surface area contributed by atoms with Crippen LogP contribution < -0.4 is 25.4 Å². The summed E-state index contributed by atoms with van der Waals surface area (Å²) in [6.45, 7) is 3.40. The molecule has 230 valence electrons. The van der Waals surface area contributed by atoms with Gasteiger partial charge in [0.05, 0.1) is 6.61 Å². The molecule has 2 unspecified atom stereocenters. The van der Waals surface area contributed by atoms with E-state index in [1.807, 2.05) is 4.90 Å². The Morgan fingerprint density at radius 2 is 1.95 bits per heavy atom. The summed E-state index contributed by atoms with van der Waals surface area (Å²) >= 11 is 6.17. The van der Waals surface area contributed by atoms with Gasteiger partial charge in [-0.25, -0.2) is 4.39 Å². The lowest BCUT2D eigenvalue weighted by Gasteiger charge is -2.39. The van der Waals surface area contributed by atoms with Crippen molar-refractivity contribution in [2.24, 2.45) is 5.41 Å². The minimum atomic E-state index is -4.89. The second kappa shape index (κ2) is 12.0. The topological polar surface area (TPSA) is 123 Å². The molecule has 2 atom stereocenters. The molecule has 2 aliphatic heterocycles. The van der Waals surface area contributed by atoms with Gasteiger partial charge in [0.15, 0.2) is 11.6 Å². The third-order valence-corrected chi connectivity index (χ3v) is 8.12. The fraction of sp³-hybridized carbons (Fsp3) is 0.414. The smallest absolute Gasteiger partial charge is 0.429 e. The number of ether oxygens (including phenoxy) is 2. The Kier molecular flexibility index (Phi) is 8.57. The van der Waals surface area contributed by atoms with Crippen LogP contribution in [0.4, 0.5) is 29.3 Å². The monoisotopic (exact) mass is 623 g/mol. The summed E-state index contributed by atoms with van der Waals surface area (Å²) in [4.78, 5) is 21.4. The minimum Gasteiger partial charge on any atom is -0.491 e. The fourth-order valence-corrected chi connectivity index (χ4v) is 5.88. The van der Waals surface area contributed by atoms with Gasteiger partial charge in [-0.15, -0.1) is 0 Å². The molecule has 3 heterocycles. The standard InChI is InChI=1S/C29H30ClF4N5O4/c1-2-42-22-11-16(3-6-20(22)31)19-12-17(30)4-5-18(19)25(29(32,33)34)43-24-13-23(37-27(35)38-24)39-9-7-28(8-10-39)14-21(26(40)41)36-15-28/h3-6,11-13,21,25,36H,2,7-10,14-15H2,1H3,(H,40,41)(H2,35,37,38). The van der Waals surface area contributed by atoms with Crippen LogP contribution in [0.25, 0.3) is 11.1 Å². The van der Waals surface area contributed by atoms with Crippen molar-refractivity contribution in [2.75, 3.05) is 36.9 Å². The maximum absolute atomic E-state index is 14.6. The van der Waals surface area contributed by atoms with Crippen molar-refractivity contribution in [3.05, 3.63) is 58.9 Å². The van der Waals surface area contributed by atoms with Gasteiger partial charge in [-0.2, -0.15) is 23.1 Å². The first kappa shape index (κ1) is 30.6. The van der Waals surface area contributed by atoms with Gasteiger partial charge >= 0.3 is 12.1 Å². The number of halogens is 5. The number of nitrogens with zero attached hydrogens (tertiary/aromatic N) is 3. The van der Waals surface area contributed by atoms with Crippen molar-refractivity contribution in [1.29, 1.82) is 0 Å². The molecule has 0 bridgehead atoms. The highest BCUT2D eigenvalue weighted by Gasteiger charge is 2.46. The Labute approximate surface area is 250 Å². The number of rotatable bonds is 8. The average molecular weight is 624 g/mol. The first-order valence-corrected chi connectivity index (χ1v) is 14.1. The summed E-state index contributed by atoms with van der Waals surface area (Å²) in [6.07, 6.45) is -5.52. The molecule has 0 amide bonds. The molecule has 1 spiro atoms. The number of alkyl halides is 3. The number of nitrogens with one attached hydrogen (secondary N) is 1. The molecule has 5 rings (SSSR count). The zero-order valence-corrected chi connectivity index (χ0v) is 23.9. The van der Waals surface area contributed by atoms with Crippen molar-refractivity contribution in [2.45, 2.75) is 44.5 Å². The van der Waals surface area contributed by atoms with E-state index in [-0.39, 0.29) is 51.3 Å². The predicted molar refractivity (Wildman–Crippen MR) is 152 cm³/mol. The molecule has 3 aromatic rings. The molecule has 2 fully saturated rings. The Balaban J connectivity index is 1.43. The van der Waals surface area contributed by atoms with Gasteiger partial charge in [0.1, 0.15) is 11.9 Å². The van der Waals surface area contributed by atoms with Crippen molar-refractivity contribution < 1.29 is 36.9 Å². The molecular formula is C29H30ClF4N5O4. The van der Waals surface area contributed by atoms with Crippen LogP contribution in [-0.4, -0.2) is 59.5 Å². The van der Waals surface area contributed by atoms with E-state index in [9.17, 15) is 27.5 Å². The van der Waals surface area contributed by atoms with Crippen LogP contribution in [-0.2, 0) is 4.79 Å². The average Bonchev–Trinajstić information content (AvgIpc) is 3.36. The molecule has 4 N–H and O–H groups in total. The summed E-state index contributed by atoms with van der Waals surface area (Å²) in [7, 11) is 0. The number of aromatic nitrogens is 2. The number of piperidine rings is 1. The summed E-state index contributed by atoms with van der Waals surface area (Å²) in [6, 6.07) is 8.32. The van der Waals surface area contributed by atoms with Gasteiger partial charge in [0, 0.05) is 36.3 Å².